The molecule has 1 aromatic carbocycles. The summed E-state index contributed by atoms with van der Waals surface area (Å²) in [7, 11) is 1.68. The van der Waals surface area contributed by atoms with E-state index in [4.69, 9.17) is 19.9 Å². The summed E-state index contributed by atoms with van der Waals surface area (Å²) < 4.78 is 15.8. The van der Waals surface area contributed by atoms with Gasteiger partial charge in [-0.15, -0.1) is 0 Å². The van der Waals surface area contributed by atoms with Crippen molar-refractivity contribution in [3.63, 3.8) is 0 Å². The van der Waals surface area contributed by atoms with Gasteiger partial charge in [0.25, 0.3) is 0 Å². The van der Waals surface area contributed by atoms with Crippen molar-refractivity contribution < 1.29 is 14.2 Å². The van der Waals surface area contributed by atoms with Crippen LogP contribution in [0.3, 0.4) is 0 Å². The molecule has 0 aliphatic rings. The predicted molar refractivity (Wildman–Crippen MR) is 82.4 cm³/mol. The van der Waals surface area contributed by atoms with Crippen LogP contribution in [0.2, 0.25) is 0 Å². The van der Waals surface area contributed by atoms with Crippen molar-refractivity contribution in [3.05, 3.63) is 18.2 Å². The van der Waals surface area contributed by atoms with E-state index in [1.807, 2.05) is 25.1 Å². The van der Waals surface area contributed by atoms with E-state index in [1.165, 1.54) is 0 Å². The van der Waals surface area contributed by atoms with Gasteiger partial charge in [0, 0.05) is 32.0 Å². The molecule has 0 radical (unpaired) electrons. The molecule has 0 heterocycles. The van der Waals surface area contributed by atoms with Crippen molar-refractivity contribution >= 4 is 11.4 Å². The van der Waals surface area contributed by atoms with E-state index in [0.29, 0.717) is 25.5 Å². The fourth-order valence-electron chi connectivity index (χ4n) is 1.73. The van der Waals surface area contributed by atoms with E-state index in [1.54, 1.807) is 7.11 Å². The molecule has 0 atom stereocenters. The van der Waals surface area contributed by atoms with Crippen molar-refractivity contribution in [2.24, 2.45) is 0 Å². The van der Waals surface area contributed by atoms with E-state index >= 15 is 0 Å². The molecule has 0 spiro atoms. The summed E-state index contributed by atoms with van der Waals surface area (Å²) in [5, 5.41) is 3.36. The second-order valence-corrected chi connectivity index (χ2v) is 4.42. The van der Waals surface area contributed by atoms with E-state index in [-0.39, 0.29) is 0 Å². The van der Waals surface area contributed by atoms with Crippen LogP contribution in [0.5, 0.6) is 5.75 Å². The van der Waals surface area contributed by atoms with E-state index < -0.39 is 0 Å². The monoisotopic (exact) mass is 282 g/mol. The fourth-order valence-corrected chi connectivity index (χ4v) is 1.73. The molecular formula is C15H26N2O3. The maximum atomic E-state index is 5.83. The molecule has 0 fully saturated rings. The van der Waals surface area contributed by atoms with Crippen molar-refractivity contribution in [3.8, 4) is 5.75 Å². The second kappa shape index (κ2) is 10.3. The Kier molecular flexibility index (Phi) is 8.58. The van der Waals surface area contributed by atoms with Gasteiger partial charge in [-0.25, -0.2) is 0 Å². The Balaban J connectivity index is 2.17. The summed E-state index contributed by atoms with van der Waals surface area (Å²) in [5.41, 5.74) is 7.53. The molecule has 3 N–H and O–H groups in total. The number of nitrogen functional groups attached to an aromatic ring is 1. The van der Waals surface area contributed by atoms with E-state index in [0.717, 1.165) is 37.4 Å². The summed E-state index contributed by atoms with van der Waals surface area (Å²) in [6.45, 7) is 5.57. The van der Waals surface area contributed by atoms with Crippen molar-refractivity contribution in [2.45, 2.75) is 19.8 Å². The first-order valence-electron chi connectivity index (χ1n) is 7.10. The van der Waals surface area contributed by atoms with Crippen LogP contribution < -0.4 is 15.8 Å². The van der Waals surface area contributed by atoms with Crippen LogP contribution in [0.4, 0.5) is 11.4 Å². The summed E-state index contributed by atoms with van der Waals surface area (Å²) in [6, 6.07) is 5.77. The minimum Gasteiger partial charge on any atom is -0.492 e. The number of benzene rings is 1. The third-order valence-electron chi connectivity index (χ3n) is 2.79. The number of rotatable bonds is 11. The van der Waals surface area contributed by atoms with Crippen LogP contribution in [0.15, 0.2) is 18.2 Å². The number of nitrogens with two attached hydrogens (primary N) is 1. The third kappa shape index (κ3) is 6.63. The lowest BCUT2D eigenvalue weighted by Crippen LogP contribution is -2.06. The lowest BCUT2D eigenvalue weighted by atomic mass is 10.2. The molecule has 1 aromatic rings. The lowest BCUT2D eigenvalue weighted by Gasteiger charge is -2.11. The number of hydrogen-bond donors (Lipinski definition) is 2. The predicted octanol–water partition coefficient (Wildman–Crippen LogP) is 2.52. The van der Waals surface area contributed by atoms with Crippen LogP contribution in [0.25, 0.3) is 0 Å². The highest BCUT2D eigenvalue weighted by Gasteiger charge is 2.01. The highest BCUT2D eigenvalue weighted by Crippen LogP contribution is 2.25. The van der Waals surface area contributed by atoms with Gasteiger partial charge in [-0.05, 0) is 31.9 Å². The maximum Gasteiger partial charge on any atom is 0.144 e. The average molecular weight is 282 g/mol. The Bertz CT molecular complexity index is 372. The molecule has 0 bridgehead atoms. The molecule has 5 nitrogen and oxygen atoms in total. The second-order valence-electron chi connectivity index (χ2n) is 4.42. The Morgan fingerprint density at radius 3 is 2.75 bits per heavy atom. The minimum absolute atomic E-state index is 0.618. The quantitative estimate of drug-likeness (QED) is 0.482. The van der Waals surface area contributed by atoms with E-state index in [2.05, 4.69) is 5.32 Å². The highest BCUT2D eigenvalue weighted by atomic mass is 16.5. The molecule has 0 aliphatic carbocycles. The number of methoxy groups -OCH3 is 1. The first kappa shape index (κ1) is 16.6. The molecular weight excluding hydrogens is 256 g/mol. The van der Waals surface area contributed by atoms with Gasteiger partial charge in [-0.1, -0.05) is 0 Å². The normalized spacial score (nSPS) is 10.5. The van der Waals surface area contributed by atoms with Crippen LogP contribution >= 0.6 is 0 Å². The zero-order valence-corrected chi connectivity index (χ0v) is 12.5. The van der Waals surface area contributed by atoms with Gasteiger partial charge in [-0.2, -0.15) is 0 Å². The largest absolute Gasteiger partial charge is 0.492 e. The smallest absolute Gasteiger partial charge is 0.144 e. The average Bonchev–Trinajstić information content (AvgIpc) is 2.45. The molecule has 5 heteroatoms. The Labute approximate surface area is 121 Å². The van der Waals surface area contributed by atoms with E-state index in [9.17, 15) is 0 Å². The molecule has 0 saturated heterocycles. The van der Waals surface area contributed by atoms with Crippen molar-refractivity contribution in [2.75, 3.05) is 51.1 Å². The van der Waals surface area contributed by atoms with Gasteiger partial charge >= 0.3 is 0 Å². The maximum absolute atomic E-state index is 5.83. The zero-order chi connectivity index (χ0) is 14.6. The molecule has 0 amide bonds. The van der Waals surface area contributed by atoms with Gasteiger partial charge in [0.15, 0.2) is 0 Å². The first-order valence-corrected chi connectivity index (χ1v) is 7.10. The zero-order valence-electron chi connectivity index (χ0n) is 12.5. The standard InChI is InChI=1S/C15H26N2O3/c1-3-20-15-12-13(6-7-14(15)16)17-8-4-5-9-19-11-10-18-2/h6-7,12,17H,3-5,8-11,16H2,1-2H3. The SMILES string of the molecule is CCOc1cc(NCCCCOCCOC)ccc1N. The number of hydrogen-bond acceptors (Lipinski definition) is 5. The minimum atomic E-state index is 0.618. The summed E-state index contributed by atoms with van der Waals surface area (Å²) in [6.07, 6.45) is 2.09. The topological polar surface area (TPSA) is 65.7 Å². The van der Waals surface area contributed by atoms with Gasteiger partial charge in [0.2, 0.25) is 0 Å². The van der Waals surface area contributed by atoms with Gasteiger partial charge in [-0.3, -0.25) is 0 Å². The number of ether oxygens (including phenoxy) is 3. The number of nitrogens with one attached hydrogen (secondary N) is 1. The van der Waals surface area contributed by atoms with Crippen LogP contribution in [-0.4, -0.2) is 40.1 Å². The highest BCUT2D eigenvalue weighted by molar-refractivity contribution is 5.61. The van der Waals surface area contributed by atoms with Gasteiger partial charge in [0.05, 0.1) is 25.5 Å². The third-order valence-corrected chi connectivity index (χ3v) is 2.79. The fraction of sp³-hybridized carbons (Fsp3) is 0.600. The summed E-state index contributed by atoms with van der Waals surface area (Å²) in [5.74, 6) is 0.736. The van der Waals surface area contributed by atoms with Crippen LogP contribution in [0.1, 0.15) is 19.8 Å². The molecule has 1 rings (SSSR count). The molecule has 0 unspecified atom stereocenters. The summed E-state index contributed by atoms with van der Waals surface area (Å²) >= 11 is 0. The Morgan fingerprint density at radius 2 is 2.00 bits per heavy atom. The van der Waals surface area contributed by atoms with Crippen LogP contribution in [0, 0.1) is 0 Å². The lowest BCUT2D eigenvalue weighted by molar-refractivity contribution is 0.0691. The van der Waals surface area contributed by atoms with Gasteiger partial charge < -0.3 is 25.3 Å². The summed E-state index contributed by atoms with van der Waals surface area (Å²) in [4.78, 5) is 0. The Morgan fingerprint density at radius 1 is 1.15 bits per heavy atom. The number of unbranched alkanes of at least 4 members (excludes halogenated alkanes) is 1. The molecule has 20 heavy (non-hydrogen) atoms. The molecule has 0 saturated carbocycles. The molecule has 114 valence electrons. The molecule has 0 aromatic heterocycles. The van der Waals surface area contributed by atoms with Crippen molar-refractivity contribution in [1.82, 2.24) is 0 Å². The van der Waals surface area contributed by atoms with Crippen LogP contribution in [-0.2, 0) is 9.47 Å². The van der Waals surface area contributed by atoms with Crippen molar-refractivity contribution in [1.29, 1.82) is 0 Å². The van der Waals surface area contributed by atoms with Gasteiger partial charge in [0.1, 0.15) is 5.75 Å². The molecule has 0 aliphatic heterocycles. The number of anilines is 2. The Hall–Kier alpha value is -1.46. The first-order chi connectivity index (χ1) is 9.77.